The van der Waals surface area contributed by atoms with E-state index in [1.807, 2.05) is 19.9 Å². The fraction of sp³-hybridized carbons (Fsp3) is 0.667. The maximum Gasteiger partial charge on any atom is 1.00 e. The summed E-state index contributed by atoms with van der Waals surface area (Å²) in [6.45, 7) is 7.58. The van der Waals surface area contributed by atoms with Crippen LogP contribution in [-0.2, 0) is 10.1 Å². The predicted molar refractivity (Wildman–Crippen MR) is 63.9 cm³/mol. The third-order valence-corrected chi connectivity index (χ3v) is 5.04. The molecule has 0 aliphatic heterocycles. The van der Waals surface area contributed by atoms with Gasteiger partial charge in [-0.3, -0.25) is 0 Å². The minimum absolute atomic E-state index is 0. The standard InChI is InChI=1S/C12H20O3S.Na/c1-9(2)11-6-5-7-12(8-11,10(3)4)16(13,14)15;/h5-7,9-10H,8H2,1-4H3,(H,13,14,15);/q;+1/p-1. The van der Waals surface area contributed by atoms with Crippen molar-refractivity contribution in [3.8, 4) is 0 Å². The largest absolute Gasteiger partial charge is 1.00 e. The predicted octanol–water partition coefficient (Wildman–Crippen LogP) is -0.527. The molecule has 0 aromatic heterocycles. The van der Waals surface area contributed by atoms with Gasteiger partial charge in [0.1, 0.15) is 10.1 Å². The topological polar surface area (TPSA) is 57.2 Å². The van der Waals surface area contributed by atoms with E-state index in [1.54, 1.807) is 26.0 Å². The third-order valence-electron chi connectivity index (χ3n) is 3.35. The van der Waals surface area contributed by atoms with E-state index in [1.165, 1.54) is 0 Å². The first-order valence-electron chi connectivity index (χ1n) is 5.54. The van der Waals surface area contributed by atoms with Crippen LogP contribution in [-0.4, -0.2) is 17.7 Å². The van der Waals surface area contributed by atoms with Gasteiger partial charge in [-0.25, -0.2) is 8.42 Å². The summed E-state index contributed by atoms with van der Waals surface area (Å²) in [6, 6.07) is 0. The second kappa shape index (κ2) is 6.02. The fourth-order valence-electron chi connectivity index (χ4n) is 2.03. The van der Waals surface area contributed by atoms with E-state index in [4.69, 9.17) is 0 Å². The van der Waals surface area contributed by atoms with Gasteiger partial charge in [-0.15, -0.1) is 0 Å². The van der Waals surface area contributed by atoms with Crippen molar-refractivity contribution in [2.24, 2.45) is 11.8 Å². The Bertz CT molecular complexity index is 421. The van der Waals surface area contributed by atoms with Crippen molar-refractivity contribution in [1.29, 1.82) is 0 Å². The van der Waals surface area contributed by atoms with E-state index in [0.717, 1.165) is 5.57 Å². The SMILES string of the molecule is CC(C)C1=CC=CC(C(C)C)(S(=O)(=O)[O-])C1.[Na+]. The molecule has 1 rings (SSSR count). The molecule has 0 radical (unpaired) electrons. The van der Waals surface area contributed by atoms with Gasteiger partial charge in [0.25, 0.3) is 0 Å². The minimum Gasteiger partial charge on any atom is -0.747 e. The van der Waals surface area contributed by atoms with Crippen LogP contribution in [0.3, 0.4) is 0 Å². The van der Waals surface area contributed by atoms with Crippen molar-refractivity contribution >= 4 is 10.1 Å². The van der Waals surface area contributed by atoms with Crippen molar-refractivity contribution in [2.45, 2.75) is 38.9 Å². The molecule has 0 heterocycles. The Hall–Kier alpha value is 0.390. The smallest absolute Gasteiger partial charge is 0.747 e. The summed E-state index contributed by atoms with van der Waals surface area (Å²) in [6.07, 6.45) is 5.49. The molecule has 0 saturated heterocycles. The molecule has 1 unspecified atom stereocenters. The molecule has 0 bridgehead atoms. The first-order valence-corrected chi connectivity index (χ1v) is 6.95. The van der Waals surface area contributed by atoms with Crippen LogP contribution < -0.4 is 29.6 Å². The summed E-state index contributed by atoms with van der Waals surface area (Å²) < 4.78 is 33.2. The van der Waals surface area contributed by atoms with Gasteiger partial charge in [0.2, 0.25) is 0 Å². The molecule has 3 nitrogen and oxygen atoms in total. The number of rotatable bonds is 3. The molecular weight excluding hydrogens is 247 g/mol. The van der Waals surface area contributed by atoms with Crippen LogP contribution in [0, 0.1) is 11.8 Å². The van der Waals surface area contributed by atoms with Crippen LogP contribution in [0.1, 0.15) is 34.1 Å². The van der Waals surface area contributed by atoms with Crippen molar-refractivity contribution < 1.29 is 42.5 Å². The van der Waals surface area contributed by atoms with Gasteiger partial charge in [-0.1, -0.05) is 51.5 Å². The molecule has 0 saturated carbocycles. The third kappa shape index (κ3) is 3.44. The van der Waals surface area contributed by atoms with Gasteiger partial charge in [0.15, 0.2) is 0 Å². The van der Waals surface area contributed by atoms with Gasteiger partial charge in [-0.2, -0.15) is 0 Å². The minimum atomic E-state index is -4.33. The van der Waals surface area contributed by atoms with Crippen molar-refractivity contribution in [1.82, 2.24) is 0 Å². The molecule has 0 aromatic rings. The molecule has 1 aliphatic carbocycles. The fourth-order valence-corrected chi connectivity index (χ4v) is 3.19. The van der Waals surface area contributed by atoms with Crippen LogP contribution in [0.15, 0.2) is 23.8 Å². The van der Waals surface area contributed by atoms with Gasteiger partial charge >= 0.3 is 29.6 Å². The number of allylic oxidation sites excluding steroid dienone is 3. The Labute approximate surface area is 126 Å². The Morgan fingerprint density at radius 2 is 1.82 bits per heavy atom. The molecule has 17 heavy (non-hydrogen) atoms. The maximum absolute atomic E-state index is 11.5. The second-order valence-corrected chi connectivity index (χ2v) is 6.66. The molecule has 1 aliphatic rings. The normalized spacial score (nSPS) is 24.8. The monoisotopic (exact) mass is 266 g/mol. The van der Waals surface area contributed by atoms with Crippen molar-refractivity contribution in [3.63, 3.8) is 0 Å². The summed E-state index contributed by atoms with van der Waals surface area (Å²) in [4.78, 5) is 0. The van der Waals surface area contributed by atoms with E-state index in [2.05, 4.69) is 0 Å². The molecule has 0 amide bonds. The van der Waals surface area contributed by atoms with Crippen molar-refractivity contribution in [3.05, 3.63) is 23.8 Å². The average Bonchev–Trinajstić information content (AvgIpc) is 2.15. The van der Waals surface area contributed by atoms with Gasteiger partial charge in [0, 0.05) is 0 Å². The van der Waals surface area contributed by atoms with Gasteiger partial charge in [0.05, 0.1) is 4.75 Å². The van der Waals surface area contributed by atoms with Crippen molar-refractivity contribution in [2.75, 3.05) is 0 Å². The number of hydrogen-bond acceptors (Lipinski definition) is 3. The van der Waals surface area contributed by atoms with E-state index in [0.29, 0.717) is 6.42 Å². The van der Waals surface area contributed by atoms with E-state index in [-0.39, 0.29) is 41.4 Å². The zero-order chi connectivity index (χ0) is 12.6. The van der Waals surface area contributed by atoms with Crippen LogP contribution in [0.4, 0.5) is 0 Å². The Balaban J connectivity index is 0.00000256. The average molecular weight is 266 g/mol. The summed E-state index contributed by atoms with van der Waals surface area (Å²) in [7, 11) is -4.33. The molecule has 0 aromatic carbocycles. The van der Waals surface area contributed by atoms with Gasteiger partial charge in [-0.05, 0) is 18.3 Å². The summed E-state index contributed by atoms with van der Waals surface area (Å²) >= 11 is 0. The zero-order valence-electron chi connectivity index (χ0n) is 11.2. The summed E-state index contributed by atoms with van der Waals surface area (Å²) in [5.41, 5.74) is 1.02. The van der Waals surface area contributed by atoms with Gasteiger partial charge < -0.3 is 4.55 Å². The first-order chi connectivity index (χ1) is 7.21. The number of hydrogen-bond donors (Lipinski definition) is 0. The molecule has 0 spiro atoms. The molecular formula is C12H19NaO3S. The van der Waals surface area contributed by atoms with Crippen LogP contribution >= 0.6 is 0 Å². The maximum atomic E-state index is 11.5. The quantitative estimate of drug-likeness (QED) is 0.510. The Morgan fingerprint density at radius 1 is 1.29 bits per heavy atom. The summed E-state index contributed by atoms with van der Waals surface area (Å²) in [5, 5.41) is 0. The van der Waals surface area contributed by atoms with E-state index in [9.17, 15) is 13.0 Å². The second-order valence-electron chi connectivity index (χ2n) is 5.00. The van der Waals surface area contributed by atoms with Crippen LogP contribution in [0.25, 0.3) is 0 Å². The zero-order valence-corrected chi connectivity index (χ0v) is 14.0. The molecule has 1 atom stereocenters. The van der Waals surface area contributed by atoms with E-state index >= 15 is 0 Å². The molecule has 5 heteroatoms. The molecule has 0 N–H and O–H groups in total. The molecule has 0 fully saturated rings. The van der Waals surface area contributed by atoms with Crippen LogP contribution in [0.2, 0.25) is 0 Å². The first kappa shape index (κ1) is 17.4. The Morgan fingerprint density at radius 3 is 2.18 bits per heavy atom. The van der Waals surface area contributed by atoms with E-state index < -0.39 is 14.9 Å². The molecule has 92 valence electrons. The summed E-state index contributed by atoms with van der Waals surface area (Å²) in [5.74, 6) is 0.0542. The Kier molecular flexibility index (Phi) is 6.16. The van der Waals surface area contributed by atoms with Crippen LogP contribution in [0.5, 0.6) is 0 Å².